The second-order valence-electron chi connectivity index (χ2n) is 7.50. The fourth-order valence-corrected chi connectivity index (χ4v) is 4.56. The summed E-state index contributed by atoms with van der Waals surface area (Å²) >= 11 is 0. The third-order valence-electron chi connectivity index (χ3n) is 5.59. The number of rotatable bonds is 3. The first-order chi connectivity index (χ1) is 8.03. The number of hydrogen-bond acceptors (Lipinski definition) is 2. The van der Waals surface area contributed by atoms with Crippen LogP contribution >= 0.6 is 0 Å². The van der Waals surface area contributed by atoms with Gasteiger partial charge in [0.1, 0.15) is 0 Å². The molecular formula is C15H28N2. The molecule has 0 aromatic rings. The lowest BCUT2D eigenvalue weighted by Gasteiger charge is -2.31. The van der Waals surface area contributed by atoms with E-state index in [1.807, 2.05) is 0 Å². The second-order valence-corrected chi connectivity index (χ2v) is 7.50. The third kappa shape index (κ3) is 2.39. The van der Waals surface area contributed by atoms with Gasteiger partial charge >= 0.3 is 0 Å². The Hall–Kier alpha value is -0.0800. The molecule has 1 aliphatic heterocycles. The van der Waals surface area contributed by atoms with Gasteiger partial charge in [-0.15, -0.1) is 0 Å². The molecule has 3 aliphatic rings. The smallest absolute Gasteiger partial charge is 0.0235 e. The van der Waals surface area contributed by atoms with Crippen LogP contribution in [-0.4, -0.2) is 36.6 Å². The van der Waals surface area contributed by atoms with Crippen molar-refractivity contribution >= 4 is 0 Å². The molecule has 3 fully saturated rings. The largest absolute Gasteiger partial charge is 0.310 e. The molecule has 2 bridgehead atoms. The van der Waals surface area contributed by atoms with E-state index in [1.54, 1.807) is 6.42 Å². The van der Waals surface area contributed by atoms with Gasteiger partial charge in [-0.1, -0.05) is 6.42 Å². The Labute approximate surface area is 106 Å². The predicted molar refractivity (Wildman–Crippen MR) is 72.1 cm³/mol. The first-order valence-corrected chi connectivity index (χ1v) is 7.49. The molecule has 0 aromatic carbocycles. The molecule has 1 saturated heterocycles. The van der Waals surface area contributed by atoms with Gasteiger partial charge < -0.3 is 10.2 Å². The van der Waals surface area contributed by atoms with Gasteiger partial charge in [0.2, 0.25) is 0 Å². The Morgan fingerprint density at radius 3 is 2.59 bits per heavy atom. The third-order valence-corrected chi connectivity index (χ3v) is 5.59. The Morgan fingerprint density at radius 2 is 2.06 bits per heavy atom. The van der Waals surface area contributed by atoms with Gasteiger partial charge in [-0.2, -0.15) is 0 Å². The zero-order chi connectivity index (χ0) is 12.0. The molecule has 3 rings (SSSR count). The summed E-state index contributed by atoms with van der Waals surface area (Å²) in [5.41, 5.74) is 0.355. The fraction of sp³-hybridized carbons (Fsp3) is 1.00. The maximum Gasteiger partial charge on any atom is 0.0235 e. The Morgan fingerprint density at radius 1 is 1.24 bits per heavy atom. The molecule has 2 saturated carbocycles. The summed E-state index contributed by atoms with van der Waals surface area (Å²) in [7, 11) is 2.35. The number of hydrogen-bond donors (Lipinski definition) is 1. The standard InChI is InChI=1S/C15H28N2/c1-15(2)8-14(9-16-15)17(3)10-13-7-11-4-5-12(13)6-11/h11-14,16H,4-10H2,1-3H3. The van der Waals surface area contributed by atoms with E-state index in [-0.39, 0.29) is 0 Å². The zero-order valence-electron chi connectivity index (χ0n) is 11.7. The van der Waals surface area contributed by atoms with Gasteiger partial charge in [0.15, 0.2) is 0 Å². The van der Waals surface area contributed by atoms with Crippen LogP contribution in [0.5, 0.6) is 0 Å². The van der Waals surface area contributed by atoms with E-state index in [0.29, 0.717) is 5.54 Å². The monoisotopic (exact) mass is 236 g/mol. The van der Waals surface area contributed by atoms with Crippen molar-refractivity contribution < 1.29 is 0 Å². The van der Waals surface area contributed by atoms with Crippen LogP contribution in [0.15, 0.2) is 0 Å². The lowest BCUT2D eigenvalue weighted by atomic mass is 9.88. The molecule has 98 valence electrons. The average molecular weight is 236 g/mol. The number of likely N-dealkylation sites (N-methyl/N-ethyl adjacent to an activating group) is 1. The van der Waals surface area contributed by atoms with Crippen molar-refractivity contribution in [2.75, 3.05) is 20.1 Å². The molecule has 17 heavy (non-hydrogen) atoms. The molecule has 2 aliphatic carbocycles. The van der Waals surface area contributed by atoms with E-state index < -0.39 is 0 Å². The van der Waals surface area contributed by atoms with Crippen LogP contribution in [0.25, 0.3) is 0 Å². The Bertz CT molecular complexity index is 287. The minimum Gasteiger partial charge on any atom is -0.310 e. The van der Waals surface area contributed by atoms with Gasteiger partial charge in [-0.05, 0) is 64.3 Å². The van der Waals surface area contributed by atoms with Crippen LogP contribution in [0.2, 0.25) is 0 Å². The van der Waals surface area contributed by atoms with E-state index in [9.17, 15) is 0 Å². The van der Waals surface area contributed by atoms with Gasteiger partial charge in [0.05, 0.1) is 0 Å². The summed E-state index contributed by atoms with van der Waals surface area (Å²) < 4.78 is 0. The molecule has 4 atom stereocenters. The van der Waals surface area contributed by atoms with Gasteiger partial charge in [-0.3, -0.25) is 0 Å². The fourth-order valence-electron chi connectivity index (χ4n) is 4.56. The first kappa shape index (κ1) is 12.0. The Balaban J connectivity index is 1.52. The quantitative estimate of drug-likeness (QED) is 0.810. The predicted octanol–water partition coefficient (Wildman–Crippen LogP) is 2.49. The Kier molecular flexibility index (Phi) is 2.99. The molecule has 0 radical (unpaired) electrons. The lowest BCUT2D eigenvalue weighted by Crippen LogP contribution is -2.38. The lowest BCUT2D eigenvalue weighted by molar-refractivity contribution is 0.177. The zero-order valence-corrected chi connectivity index (χ0v) is 11.7. The molecule has 4 unspecified atom stereocenters. The number of nitrogens with one attached hydrogen (secondary N) is 1. The van der Waals surface area contributed by atoms with Crippen LogP contribution in [0, 0.1) is 17.8 Å². The van der Waals surface area contributed by atoms with Crippen LogP contribution < -0.4 is 5.32 Å². The van der Waals surface area contributed by atoms with Crippen LogP contribution in [0.1, 0.15) is 46.0 Å². The van der Waals surface area contributed by atoms with Crippen molar-refractivity contribution in [1.82, 2.24) is 10.2 Å². The van der Waals surface area contributed by atoms with E-state index in [1.165, 1.54) is 38.8 Å². The maximum atomic E-state index is 3.64. The first-order valence-electron chi connectivity index (χ1n) is 7.49. The highest BCUT2D eigenvalue weighted by atomic mass is 15.2. The minimum atomic E-state index is 0.355. The van der Waals surface area contributed by atoms with E-state index in [2.05, 4.69) is 31.1 Å². The summed E-state index contributed by atoms with van der Waals surface area (Å²) in [4.78, 5) is 2.65. The molecule has 0 amide bonds. The van der Waals surface area contributed by atoms with Crippen molar-refractivity contribution in [2.24, 2.45) is 17.8 Å². The van der Waals surface area contributed by atoms with Crippen LogP contribution in [0.4, 0.5) is 0 Å². The normalized spacial score (nSPS) is 43.8. The average Bonchev–Trinajstić information content (AvgIpc) is 2.92. The minimum absolute atomic E-state index is 0.355. The summed E-state index contributed by atoms with van der Waals surface area (Å²) in [5.74, 6) is 3.18. The second kappa shape index (κ2) is 4.24. The number of fused-ring (bicyclic) bond motifs is 2. The molecule has 2 nitrogen and oxygen atoms in total. The maximum absolute atomic E-state index is 3.64. The summed E-state index contributed by atoms with van der Waals surface area (Å²) in [6.45, 7) is 7.20. The molecule has 1 heterocycles. The SMILES string of the molecule is CN(CC1CC2CCC1C2)C1CNC(C)(C)C1. The van der Waals surface area contributed by atoms with Crippen LogP contribution in [-0.2, 0) is 0 Å². The highest BCUT2D eigenvalue weighted by Crippen LogP contribution is 2.48. The van der Waals surface area contributed by atoms with Crippen molar-refractivity contribution in [1.29, 1.82) is 0 Å². The van der Waals surface area contributed by atoms with E-state index in [0.717, 1.165) is 23.8 Å². The molecular weight excluding hydrogens is 208 g/mol. The highest BCUT2D eigenvalue weighted by molar-refractivity contribution is 4.96. The van der Waals surface area contributed by atoms with Crippen molar-refractivity contribution in [3.63, 3.8) is 0 Å². The van der Waals surface area contributed by atoms with E-state index in [4.69, 9.17) is 0 Å². The van der Waals surface area contributed by atoms with Crippen LogP contribution in [0.3, 0.4) is 0 Å². The molecule has 0 aromatic heterocycles. The highest BCUT2D eigenvalue weighted by Gasteiger charge is 2.41. The van der Waals surface area contributed by atoms with Gasteiger partial charge in [-0.25, -0.2) is 0 Å². The topological polar surface area (TPSA) is 15.3 Å². The van der Waals surface area contributed by atoms with E-state index >= 15 is 0 Å². The van der Waals surface area contributed by atoms with Crippen molar-refractivity contribution in [3.05, 3.63) is 0 Å². The summed E-state index contributed by atoms with van der Waals surface area (Å²) in [5, 5.41) is 3.64. The molecule has 1 N–H and O–H groups in total. The molecule has 0 spiro atoms. The summed E-state index contributed by atoms with van der Waals surface area (Å²) in [6, 6.07) is 0.768. The van der Waals surface area contributed by atoms with Crippen molar-refractivity contribution in [2.45, 2.75) is 57.5 Å². The van der Waals surface area contributed by atoms with Gasteiger partial charge in [0, 0.05) is 24.7 Å². The summed E-state index contributed by atoms with van der Waals surface area (Å²) in [6.07, 6.45) is 7.44. The van der Waals surface area contributed by atoms with Crippen molar-refractivity contribution in [3.8, 4) is 0 Å². The van der Waals surface area contributed by atoms with Gasteiger partial charge in [0.25, 0.3) is 0 Å². The molecule has 2 heteroatoms. The number of nitrogens with zero attached hydrogens (tertiary/aromatic N) is 1.